The maximum absolute atomic E-state index is 12.3. The van der Waals surface area contributed by atoms with E-state index in [0.29, 0.717) is 35.0 Å². The van der Waals surface area contributed by atoms with Gasteiger partial charge in [0.2, 0.25) is 0 Å². The summed E-state index contributed by atoms with van der Waals surface area (Å²) in [6, 6.07) is 11.2. The van der Waals surface area contributed by atoms with Crippen molar-refractivity contribution in [2.75, 3.05) is 31.6 Å². The van der Waals surface area contributed by atoms with E-state index >= 15 is 0 Å². The van der Waals surface area contributed by atoms with Gasteiger partial charge in [-0.3, -0.25) is 4.79 Å². The largest absolute Gasteiger partial charge is 0.461 e. The predicted molar refractivity (Wildman–Crippen MR) is 109 cm³/mol. The van der Waals surface area contributed by atoms with E-state index in [1.165, 1.54) is 6.07 Å². The lowest BCUT2D eigenvalue weighted by atomic mass is 10.2. The molecule has 0 saturated carbocycles. The van der Waals surface area contributed by atoms with Gasteiger partial charge in [0, 0.05) is 17.3 Å². The molecule has 0 fully saturated rings. The third kappa shape index (κ3) is 6.24. The number of anilines is 1. The van der Waals surface area contributed by atoms with Crippen LogP contribution in [0.2, 0.25) is 10.0 Å². The monoisotopic (exact) mass is 408 g/mol. The van der Waals surface area contributed by atoms with E-state index < -0.39 is 0 Å². The van der Waals surface area contributed by atoms with Crippen molar-refractivity contribution in [2.45, 2.75) is 13.8 Å². The molecule has 7 heteroatoms. The number of nitrogens with zero attached hydrogens (tertiary/aromatic N) is 1. The summed E-state index contributed by atoms with van der Waals surface area (Å²) in [6.07, 6.45) is 0. The summed E-state index contributed by atoms with van der Waals surface area (Å²) < 4.78 is 5.28. The highest BCUT2D eigenvalue weighted by Gasteiger charge is 2.12. The maximum Gasteiger partial charge on any atom is 0.338 e. The Morgan fingerprint density at radius 3 is 2.30 bits per heavy atom. The van der Waals surface area contributed by atoms with Crippen LogP contribution in [-0.4, -0.2) is 43.0 Å². The third-order valence-electron chi connectivity index (χ3n) is 4.09. The Kier molecular flexibility index (Phi) is 8.10. The lowest BCUT2D eigenvalue weighted by Gasteiger charge is -2.17. The quantitative estimate of drug-likeness (QED) is 0.640. The van der Waals surface area contributed by atoms with Gasteiger partial charge in [-0.2, -0.15) is 0 Å². The number of halogens is 2. The van der Waals surface area contributed by atoms with Crippen molar-refractivity contribution in [3.63, 3.8) is 0 Å². The molecule has 0 radical (unpaired) electrons. The van der Waals surface area contributed by atoms with E-state index in [1.54, 1.807) is 36.4 Å². The minimum absolute atomic E-state index is 0.272. The Hall–Kier alpha value is -2.08. The molecular weight excluding hydrogens is 387 g/mol. The van der Waals surface area contributed by atoms with Gasteiger partial charge in [0.1, 0.15) is 6.61 Å². The molecule has 0 aliphatic carbocycles. The molecule has 0 aliphatic rings. The van der Waals surface area contributed by atoms with Crippen LogP contribution in [0.5, 0.6) is 0 Å². The molecule has 27 heavy (non-hydrogen) atoms. The molecule has 2 aromatic rings. The number of amides is 1. The van der Waals surface area contributed by atoms with Gasteiger partial charge in [0.05, 0.1) is 16.1 Å². The molecule has 5 nitrogen and oxygen atoms in total. The van der Waals surface area contributed by atoms with Crippen LogP contribution < -0.4 is 5.32 Å². The summed E-state index contributed by atoms with van der Waals surface area (Å²) in [5.74, 6) is -0.744. The van der Waals surface area contributed by atoms with Crippen LogP contribution in [0.4, 0.5) is 5.69 Å². The molecule has 1 amide bonds. The van der Waals surface area contributed by atoms with Crippen LogP contribution in [0, 0.1) is 0 Å². The fourth-order valence-electron chi connectivity index (χ4n) is 2.45. The normalized spacial score (nSPS) is 10.7. The van der Waals surface area contributed by atoms with Gasteiger partial charge in [0.15, 0.2) is 0 Å². The minimum atomic E-state index is -0.388. The first-order valence-corrected chi connectivity index (χ1v) is 9.46. The Labute approximate surface area is 169 Å². The summed E-state index contributed by atoms with van der Waals surface area (Å²) in [5.41, 5.74) is 1.30. The first-order chi connectivity index (χ1) is 12.9. The Morgan fingerprint density at radius 2 is 1.70 bits per heavy atom. The highest BCUT2D eigenvalue weighted by Crippen LogP contribution is 2.22. The number of benzene rings is 2. The van der Waals surface area contributed by atoms with Gasteiger partial charge < -0.3 is 15.0 Å². The Morgan fingerprint density at radius 1 is 1.04 bits per heavy atom. The predicted octanol–water partition coefficient (Wildman–Crippen LogP) is 4.74. The van der Waals surface area contributed by atoms with Crippen LogP contribution >= 0.6 is 23.2 Å². The highest BCUT2D eigenvalue weighted by molar-refractivity contribution is 6.37. The number of hydrogen-bond donors (Lipinski definition) is 1. The summed E-state index contributed by atoms with van der Waals surface area (Å²) in [5, 5.41) is 3.46. The zero-order valence-electron chi connectivity index (χ0n) is 15.3. The van der Waals surface area contributed by atoms with E-state index in [2.05, 4.69) is 24.1 Å². The standard InChI is InChI=1S/C20H22Cl2N2O3/c1-3-24(4-2)11-12-27-20(26)14-5-8-16(9-6-14)23-19(25)17-10-7-15(21)13-18(17)22/h5-10,13H,3-4,11-12H2,1-2H3,(H,23,25). The minimum Gasteiger partial charge on any atom is -0.461 e. The number of nitrogens with one attached hydrogen (secondary N) is 1. The summed E-state index contributed by atoms with van der Waals surface area (Å²) in [6.45, 7) is 7.01. The molecule has 0 atom stereocenters. The summed E-state index contributed by atoms with van der Waals surface area (Å²) in [7, 11) is 0. The number of ether oxygens (including phenoxy) is 1. The van der Waals surface area contributed by atoms with Crippen molar-refractivity contribution in [3.8, 4) is 0 Å². The van der Waals surface area contributed by atoms with Crippen molar-refractivity contribution < 1.29 is 14.3 Å². The Bertz CT molecular complexity index is 790. The van der Waals surface area contributed by atoms with Crippen molar-refractivity contribution in [1.82, 2.24) is 4.90 Å². The van der Waals surface area contributed by atoms with Gasteiger partial charge >= 0.3 is 5.97 Å². The van der Waals surface area contributed by atoms with Crippen LogP contribution in [0.3, 0.4) is 0 Å². The number of esters is 1. The van der Waals surface area contributed by atoms with Crippen LogP contribution in [0.25, 0.3) is 0 Å². The summed E-state index contributed by atoms with van der Waals surface area (Å²) in [4.78, 5) is 26.5. The van der Waals surface area contributed by atoms with E-state index in [0.717, 1.165) is 13.1 Å². The first kappa shape index (κ1) is 21.2. The second-order valence-electron chi connectivity index (χ2n) is 5.82. The second-order valence-corrected chi connectivity index (χ2v) is 6.66. The average Bonchev–Trinajstić information content (AvgIpc) is 2.65. The molecule has 0 saturated heterocycles. The first-order valence-electron chi connectivity index (χ1n) is 8.70. The van der Waals surface area contributed by atoms with Gasteiger partial charge in [-0.25, -0.2) is 4.79 Å². The molecule has 2 aromatic carbocycles. The number of carbonyl (C=O) groups excluding carboxylic acids is 2. The fourth-order valence-corrected chi connectivity index (χ4v) is 2.95. The van der Waals surface area contributed by atoms with Crippen molar-refractivity contribution in [2.24, 2.45) is 0 Å². The van der Waals surface area contributed by atoms with E-state index in [4.69, 9.17) is 27.9 Å². The number of carbonyl (C=O) groups is 2. The topological polar surface area (TPSA) is 58.6 Å². The second kappa shape index (κ2) is 10.3. The summed E-state index contributed by atoms with van der Waals surface area (Å²) >= 11 is 11.9. The van der Waals surface area contributed by atoms with Crippen LogP contribution in [0.15, 0.2) is 42.5 Å². The van der Waals surface area contributed by atoms with E-state index in [1.807, 2.05) is 0 Å². The number of rotatable bonds is 8. The van der Waals surface area contributed by atoms with Gasteiger partial charge in [-0.15, -0.1) is 0 Å². The zero-order valence-corrected chi connectivity index (χ0v) is 16.8. The molecule has 0 bridgehead atoms. The Balaban J connectivity index is 1.92. The molecule has 144 valence electrons. The lowest BCUT2D eigenvalue weighted by molar-refractivity contribution is 0.0466. The van der Waals surface area contributed by atoms with Gasteiger partial charge in [-0.05, 0) is 55.6 Å². The number of likely N-dealkylation sites (N-methyl/N-ethyl adjacent to an activating group) is 1. The smallest absolute Gasteiger partial charge is 0.338 e. The zero-order chi connectivity index (χ0) is 19.8. The lowest BCUT2D eigenvalue weighted by Crippen LogP contribution is -2.27. The molecule has 1 N–H and O–H groups in total. The van der Waals surface area contributed by atoms with Gasteiger partial charge in [-0.1, -0.05) is 37.0 Å². The van der Waals surface area contributed by atoms with E-state index in [9.17, 15) is 9.59 Å². The molecule has 0 aliphatic heterocycles. The maximum atomic E-state index is 12.3. The fraction of sp³-hybridized carbons (Fsp3) is 0.300. The van der Waals surface area contributed by atoms with Crippen molar-refractivity contribution >= 4 is 40.8 Å². The van der Waals surface area contributed by atoms with Crippen LogP contribution in [0.1, 0.15) is 34.6 Å². The van der Waals surface area contributed by atoms with Crippen molar-refractivity contribution in [1.29, 1.82) is 0 Å². The number of hydrogen-bond acceptors (Lipinski definition) is 4. The third-order valence-corrected chi connectivity index (χ3v) is 4.64. The average molecular weight is 409 g/mol. The molecule has 0 spiro atoms. The molecule has 0 aromatic heterocycles. The van der Waals surface area contributed by atoms with Gasteiger partial charge in [0.25, 0.3) is 5.91 Å². The molecular formula is C20H22Cl2N2O3. The van der Waals surface area contributed by atoms with E-state index in [-0.39, 0.29) is 16.9 Å². The highest BCUT2D eigenvalue weighted by atomic mass is 35.5. The molecule has 0 unspecified atom stereocenters. The SMILES string of the molecule is CCN(CC)CCOC(=O)c1ccc(NC(=O)c2ccc(Cl)cc2Cl)cc1. The van der Waals surface area contributed by atoms with Crippen LogP contribution in [-0.2, 0) is 4.74 Å². The molecule has 2 rings (SSSR count). The molecule has 0 heterocycles. The van der Waals surface area contributed by atoms with Crippen molar-refractivity contribution in [3.05, 3.63) is 63.6 Å².